The Morgan fingerprint density at radius 3 is 2.38 bits per heavy atom. The van der Waals surface area contributed by atoms with Crippen molar-refractivity contribution in [2.75, 3.05) is 6.61 Å². The average Bonchev–Trinajstić information content (AvgIpc) is 3.19. The summed E-state index contributed by atoms with van der Waals surface area (Å²) in [5.41, 5.74) is 5.62. The number of hydrogen-bond donors (Lipinski definition) is 0. The van der Waals surface area contributed by atoms with Gasteiger partial charge in [0.2, 0.25) is 0 Å². The van der Waals surface area contributed by atoms with Crippen molar-refractivity contribution in [3.05, 3.63) is 91.8 Å². The molecule has 6 nitrogen and oxygen atoms in total. The third kappa shape index (κ3) is 3.20. The fraction of sp³-hybridized carbons (Fsp3) is 0.357. The molecule has 1 atom stereocenters. The molecule has 0 amide bonds. The Balaban J connectivity index is 1.97. The molecule has 3 heterocycles. The molecule has 4 aromatic rings. The van der Waals surface area contributed by atoms with Crippen molar-refractivity contribution in [2.45, 2.75) is 45.8 Å². The monoisotopic (exact) mass is 457 g/mol. The second kappa shape index (κ2) is 7.84. The SMILES string of the molecule is CCc1ccc([C@@H]2OCC(C)(C)n3c(-c4cccc(C)c4)c4c(=O)n(C)c(=O)n(C)c4c32)cc1. The van der Waals surface area contributed by atoms with E-state index in [0.717, 1.165) is 34.5 Å². The number of aryl methyl sites for hydroxylation is 3. The maximum atomic E-state index is 13.6. The number of rotatable bonds is 3. The molecular weight excluding hydrogens is 426 g/mol. The summed E-state index contributed by atoms with van der Waals surface area (Å²) in [5.74, 6) is 0. The fourth-order valence-electron chi connectivity index (χ4n) is 5.24. The van der Waals surface area contributed by atoms with Crippen LogP contribution in [-0.2, 0) is 30.8 Å². The molecule has 2 aromatic carbocycles. The first kappa shape index (κ1) is 22.4. The second-order valence-electron chi connectivity index (χ2n) is 9.97. The van der Waals surface area contributed by atoms with Crippen molar-refractivity contribution in [2.24, 2.45) is 14.1 Å². The Bertz CT molecular complexity index is 1530. The Kier molecular flexibility index (Phi) is 5.17. The molecule has 0 bridgehead atoms. The largest absolute Gasteiger partial charge is 0.365 e. The third-order valence-corrected chi connectivity index (χ3v) is 7.05. The fourth-order valence-corrected chi connectivity index (χ4v) is 5.24. The summed E-state index contributed by atoms with van der Waals surface area (Å²) in [4.78, 5) is 26.7. The molecule has 176 valence electrons. The number of ether oxygens (including phenoxy) is 1. The van der Waals surface area contributed by atoms with Crippen molar-refractivity contribution in [3.8, 4) is 11.3 Å². The summed E-state index contributed by atoms with van der Waals surface area (Å²) in [5, 5.41) is 0.555. The Labute approximate surface area is 199 Å². The van der Waals surface area contributed by atoms with Crippen LogP contribution in [0.25, 0.3) is 22.2 Å². The van der Waals surface area contributed by atoms with Crippen LogP contribution in [-0.4, -0.2) is 20.3 Å². The predicted molar refractivity (Wildman–Crippen MR) is 136 cm³/mol. The van der Waals surface area contributed by atoms with Crippen molar-refractivity contribution >= 4 is 10.9 Å². The number of benzene rings is 2. The van der Waals surface area contributed by atoms with Gasteiger partial charge in [-0.05, 0) is 49.9 Å². The lowest BCUT2D eigenvalue weighted by molar-refractivity contribution is -0.00707. The standard InChI is InChI=1S/C28H31N3O3/c1-7-18-11-13-19(14-12-18)25-24-23-21(26(32)30(6)27(33)29(23)5)22(20-10-8-9-17(2)15-20)31(24)28(3,4)16-34-25/h8-15,25H,7,16H2,1-6H3/t25-/m0/s1. The molecule has 0 saturated heterocycles. The van der Waals surface area contributed by atoms with E-state index in [1.807, 2.05) is 25.1 Å². The molecule has 6 heteroatoms. The highest BCUT2D eigenvalue weighted by molar-refractivity contribution is 5.97. The van der Waals surface area contributed by atoms with Crippen molar-refractivity contribution < 1.29 is 4.74 Å². The van der Waals surface area contributed by atoms with Crippen molar-refractivity contribution in [1.82, 2.24) is 13.7 Å². The molecule has 0 saturated carbocycles. The van der Waals surface area contributed by atoms with Crippen LogP contribution in [0.5, 0.6) is 0 Å². The Hall–Kier alpha value is -3.38. The van der Waals surface area contributed by atoms with Gasteiger partial charge in [0.1, 0.15) is 6.10 Å². The first-order chi connectivity index (χ1) is 16.2. The molecule has 0 N–H and O–H groups in total. The average molecular weight is 458 g/mol. The maximum absolute atomic E-state index is 13.6. The van der Waals surface area contributed by atoms with Crippen LogP contribution < -0.4 is 11.2 Å². The minimum absolute atomic E-state index is 0.285. The van der Waals surface area contributed by atoms with E-state index < -0.39 is 11.6 Å². The van der Waals surface area contributed by atoms with Gasteiger partial charge in [-0.2, -0.15) is 0 Å². The van der Waals surface area contributed by atoms with E-state index in [0.29, 0.717) is 17.5 Å². The van der Waals surface area contributed by atoms with Gasteiger partial charge in [0, 0.05) is 14.1 Å². The lowest BCUT2D eigenvalue weighted by atomic mass is 9.97. The van der Waals surface area contributed by atoms with Gasteiger partial charge in [0.05, 0.1) is 34.4 Å². The summed E-state index contributed by atoms with van der Waals surface area (Å²) < 4.78 is 11.5. The number of hydrogen-bond acceptors (Lipinski definition) is 3. The number of nitrogens with zero attached hydrogens (tertiary/aromatic N) is 3. The molecule has 0 unspecified atom stereocenters. The normalized spacial score (nSPS) is 17.2. The third-order valence-electron chi connectivity index (χ3n) is 7.05. The molecular formula is C28H31N3O3. The molecule has 1 aliphatic heterocycles. The summed E-state index contributed by atoms with van der Waals surface area (Å²) in [6.07, 6.45) is 0.568. The second-order valence-corrected chi connectivity index (χ2v) is 9.97. The summed E-state index contributed by atoms with van der Waals surface area (Å²) in [7, 11) is 3.28. The van der Waals surface area contributed by atoms with Crippen LogP contribution in [0.2, 0.25) is 0 Å². The quantitative estimate of drug-likeness (QED) is 0.457. The summed E-state index contributed by atoms with van der Waals surface area (Å²) in [6, 6.07) is 16.6. The van der Waals surface area contributed by atoms with Gasteiger partial charge in [-0.25, -0.2) is 4.79 Å². The van der Waals surface area contributed by atoms with Gasteiger partial charge in [0.15, 0.2) is 0 Å². The van der Waals surface area contributed by atoms with Crippen LogP contribution in [0.4, 0.5) is 0 Å². The Morgan fingerprint density at radius 2 is 1.74 bits per heavy atom. The van der Waals surface area contributed by atoms with Crippen LogP contribution in [0.15, 0.2) is 58.1 Å². The Morgan fingerprint density at radius 1 is 1.03 bits per heavy atom. The lowest BCUT2D eigenvalue weighted by Crippen LogP contribution is -2.40. The first-order valence-corrected chi connectivity index (χ1v) is 11.8. The summed E-state index contributed by atoms with van der Waals surface area (Å²) >= 11 is 0. The van der Waals surface area contributed by atoms with Gasteiger partial charge in [-0.15, -0.1) is 0 Å². The predicted octanol–water partition coefficient (Wildman–Crippen LogP) is 4.43. The molecule has 0 aliphatic carbocycles. The lowest BCUT2D eigenvalue weighted by Gasteiger charge is -2.39. The highest BCUT2D eigenvalue weighted by atomic mass is 16.5. The van der Waals surface area contributed by atoms with E-state index in [-0.39, 0.29) is 11.2 Å². The molecule has 0 radical (unpaired) electrons. The van der Waals surface area contributed by atoms with Crippen molar-refractivity contribution in [1.29, 1.82) is 0 Å². The molecule has 0 fully saturated rings. The maximum Gasteiger partial charge on any atom is 0.331 e. The van der Waals surface area contributed by atoms with E-state index in [1.54, 1.807) is 18.7 Å². The van der Waals surface area contributed by atoms with Gasteiger partial charge < -0.3 is 9.30 Å². The smallest absolute Gasteiger partial charge is 0.331 e. The molecule has 0 spiro atoms. The van der Waals surface area contributed by atoms with Crippen LogP contribution in [0, 0.1) is 6.92 Å². The van der Waals surface area contributed by atoms with E-state index in [4.69, 9.17) is 4.74 Å². The van der Waals surface area contributed by atoms with Crippen LogP contribution in [0.1, 0.15) is 49.3 Å². The highest BCUT2D eigenvalue weighted by Gasteiger charge is 2.40. The number of fused-ring (bicyclic) bond motifs is 3. The highest BCUT2D eigenvalue weighted by Crippen LogP contribution is 2.45. The van der Waals surface area contributed by atoms with Crippen molar-refractivity contribution in [3.63, 3.8) is 0 Å². The van der Waals surface area contributed by atoms with Gasteiger partial charge in [0.25, 0.3) is 5.56 Å². The van der Waals surface area contributed by atoms with Gasteiger partial charge >= 0.3 is 5.69 Å². The topological polar surface area (TPSA) is 58.2 Å². The van der Waals surface area contributed by atoms with E-state index in [9.17, 15) is 9.59 Å². The zero-order chi connectivity index (χ0) is 24.4. The van der Waals surface area contributed by atoms with E-state index in [2.05, 4.69) is 55.7 Å². The number of aromatic nitrogens is 3. The minimum Gasteiger partial charge on any atom is -0.365 e. The van der Waals surface area contributed by atoms with Crippen LogP contribution in [0.3, 0.4) is 0 Å². The van der Waals surface area contributed by atoms with E-state index in [1.165, 1.54) is 10.1 Å². The molecule has 34 heavy (non-hydrogen) atoms. The minimum atomic E-state index is -0.422. The molecule has 5 rings (SSSR count). The molecule has 2 aromatic heterocycles. The van der Waals surface area contributed by atoms with E-state index >= 15 is 0 Å². The zero-order valence-corrected chi connectivity index (χ0v) is 20.7. The van der Waals surface area contributed by atoms with Gasteiger partial charge in [-0.1, -0.05) is 55.0 Å². The summed E-state index contributed by atoms with van der Waals surface area (Å²) in [6.45, 7) is 8.90. The zero-order valence-electron chi connectivity index (χ0n) is 20.7. The van der Waals surface area contributed by atoms with Crippen LogP contribution >= 0.6 is 0 Å². The first-order valence-electron chi connectivity index (χ1n) is 11.8. The van der Waals surface area contributed by atoms with Gasteiger partial charge in [-0.3, -0.25) is 13.9 Å². The molecule has 1 aliphatic rings.